The summed E-state index contributed by atoms with van der Waals surface area (Å²) in [5.41, 5.74) is 5.43. The van der Waals surface area contributed by atoms with Crippen LogP contribution in [0.1, 0.15) is 15.9 Å². The van der Waals surface area contributed by atoms with Crippen LogP contribution in [0, 0.1) is 0 Å². The molecule has 1 aromatic carbocycles. The van der Waals surface area contributed by atoms with Crippen molar-refractivity contribution in [2.45, 2.75) is 11.7 Å². The van der Waals surface area contributed by atoms with Gasteiger partial charge in [0.25, 0.3) is 5.56 Å². The monoisotopic (exact) mass is 452 g/mol. The summed E-state index contributed by atoms with van der Waals surface area (Å²) in [6.07, 6.45) is 1.53. The molecule has 0 saturated carbocycles. The minimum absolute atomic E-state index is 0.104. The first-order chi connectivity index (χ1) is 15.4. The molecule has 0 aliphatic rings. The number of carbonyl (C=O) groups is 1. The van der Waals surface area contributed by atoms with Gasteiger partial charge in [0.2, 0.25) is 0 Å². The normalized spacial score (nSPS) is 11.1. The number of nitrogens with two attached hydrogens (primary N) is 1. The van der Waals surface area contributed by atoms with E-state index >= 15 is 0 Å². The van der Waals surface area contributed by atoms with Crippen LogP contribution in [-0.4, -0.2) is 35.4 Å². The average Bonchev–Trinajstić information content (AvgIpc) is 3.44. The summed E-state index contributed by atoms with van der Waals surface area (Å²) in [5, 5.41) is 8.63. The topological polar surface area (TPSA) is 131 Å². The minimum Gasteiger partial charge on any atom is -0.461 e. The van der Waals surface area contributed by atoms with Crippen LogP contribution in [0.25, 0.3) is 11.6 Å². The fourth-order valence-electron chi connectivity index (χ4n) is 3.23. The first-order valence-corrected chi connectivity index (χ1v) is 10.6. The van der Waals surface area contributed by atoms with Crippen molar-refractivity contribution in [1.82, 2.24) is 23.9 Å². The molecule has 2 N–H and O–H groups in total. The van der Waals surface area contributed by atoms with Gasteiger partial charge in [-0.05, 0) is 17.7 Å². The number of thioether (sulfide) groups is 1. The molecule has 0 bridgehead atoms. The molecule has 4 aromatic rings. The number of carbonyl (C=O) groups excluding carboxylic acids is 1. The van der Waals surface area contributed by atoms with Gasteiger partial charge in [-0.3, -0.25) is 18.7 Å². The van der Waals surface area contributed by atoms with E-state index < -0.39 is 17.0 Å². The largest absolute Gasteiger partial charge is 0.461 e. The third kappa shape index (κ3) is 3.89. The van der Waals surface area contributed by atoms with Crippen molar-refractivity contribution in [2.75, 3.05) is 11.5 Å². The van der Waals surface area contributed by atoms with E-state index in [0.717, 1.165) is 21.9 Å². The Labute approximate surface area is 186 Å². The van der Waals surface area contributed by atoms with E-state index in [1.54, 1.807) is 23.7 Å². The summed E-state index contributed by atoms with van der Waals surface area (Å²) >= 11 is 1.11. The van der Waals surface area contributed by atoms with Crippen LogP contribution < -0.4 is 17.0 Å². The van der Waals surface area contributed by atoms with Crippen LogP contribution in [0.5, 0.6) is 0 Å². The number of nitrogen functional groups attached to an aromatic ring is 1. The second-order valence-corrected chi connectivity index (χ2v) is 7.98. The molecule has 32 heavy (non-hydrogen) atoms. The van der Waals surface area contributed by atoms with Crippen LogP contribution in [0.15, 0.2) is 67.9 Å². The predicted octanol–water partition coefficient (Wildman–Crippen LogP) is 1.54. The van der Waals surface area contributed by atoms with E-state index in [2.05, 4.69) is 10.2 Å². The van der Waals surface area contributed by atoms with Gasteiger partial charge >= 0.3 is 5.69 Å². The molecule has 164 valence electrons. The van der Waals surface area contributed by atoms with Crippen molar-refractivity contribution >= 4 is 23.4 Å². The predicted molar refractivity (Wildman–Crippen MR) is 120 cm³/mol. The van der Waals surface area contributed by atoms with Crippen molar-refractivity contribution in [1.29, 1.82) is 0 Å². The molecular weight excluding hydrogens is 432 g/mol. The van der Waals surface area contributed by atoms with Gasteiger partial charge in [-0.1, -0.05) is 42.1 Å². The number of Topliss-reactive ketones (excluding diaryl/α,β-unsaturated/α-hetero) is 1. The Morgan fingerprint density at radius 2 is 1.81 bits per heavy atom. The Morgan fingerprint density at radius 3 is 2.50 bits per heavy atom. The molecule has 10 nitrogen and oxygen atoms in total. The Morgan fingerprint density at radius 1 is 1.06 bits per heavy atom. The van der Waals surface area contributed by atoms with E-state index in [-0.39, 0.29) is 23.7 Å². The molecule has 11 heteroatoms. The van der Waals surface area contributed by atoms with Crippen LogP contribution >= 0.6 is 11.8 Å². The van der Waals surface area contributed by atoms with Gasteiger partial charge in [-0.2, -0.15) is 0 Å². The first kappa shape index (κ1) is 21.4. The molecule has 0 aliphatic heterocycles. The maximum atomic E-state index is 13.0. The van der Waals surface area contributed by atoms with Gasteiger partial charge in [0, 0.05) is 14.1 Å². The third-order valence-corrected chi connectivity index (χ3v) is 5.97. The van der Waals surface area contributed by atoms with Crippen LogP contribution in [0.4, 0.5) is 5.82 Å². The standard InChI is InChI=1S/C21H20N6O4S/c1-25-18(15-9-6-10-31-15)23-24-20(25)32-12-14(28)16-17(22)27(21(30)26(2)19(16)29)11-13-7-4-3-5-8-13/h3-10H,11-12,22H2,1-2H3. The number of hydrogen-bond acceptors (Lipinski definition) is 8. The van der Waals surface area contributed by atoms with Crippen molar-refractivity contribution < 1.29 is 9.21 Å². The maximum absolute atomic E-state index is 13.0. The highest BCUT2D eigenvalue weighted by molar-refractivity contribution is 7.99. The zero-order valence-electron chi connectivity index (χ0n) is 17.4. The zero-order chi connectivity index (χ0) is 22.8. The van der Waals surface area contributed by atoms with Crippen molar-refractivity contribution in [3.05, 3.63) is 80.7 Å². The third-order valence-electron chi connectivity index (χ3n) is 4.95. The lowest BCUT2D eigenvalue weighted by Crippen LogP contribution is -2.43. The van der Waals surface area contributed by atoms with Crippen molar-refractivity contribution in [3.8, 4) is 11.6 Å². The minimum atomic E-state index is -0.725. The molecule has 4 rings (SSSR count). The molecule has 0 atom stereocenters. The van der Waals surface area contributed by atoms with Crippen molar-refractivity contribution in [2.24, 2.45) is 14.1 Å². The highest BCUT2D eigenvalue weighted by atomic mass is 32.2. The fraction of sp³-hybridized carbons (Fsp3) is 0.190. The van der Waals surface area contributed by atoms with Gasteiger partial charge in [-0.15, -0.1) is 10.2 Å². The summed E-state index contributed by atoms with van der Waals surface area (Å²) in [5.74, 6) is 0.299. The van der Waals surface area contributed by atoms with Crippen LogP contribution in [0.2, 0.25) is 0 Å². The Balaban J connectivity index is 1.61. The summed E-state index contributed by atoms with van der Waals surface area (Å²) in [7, 11) is 3.08. The van der Waals surface area contributed by atoms with E-state index in [1.165, 1.54) is 17.9 Å². The Kier molecular flexibility index (Phi) is 5.82. The number of benzene rings is 1. The fourth-order valence-corrected chi connectivity index (χ4v) is 4.01. The summed E-state index contributed by atoms with van der Waals surface area (Å²) in [6.45, 7) is 0.142. The van der Waals surface area contributed by atoms with E-state index in [1.807, 2.05) is 30.3 Å². The number of ketones is 1. The van der Waals surface area contributed by atoms with E-state index in [4.69, 9.17) is 10.2 Å². The molecule has 0 fully saturated rings. The smallest absolute Gasteiger partial charge is 0.332 e. The SMILES string of the molecule is Cn1c(SCC(=O)c2c(N)n(Cc3ccccc3)c(=O)n(C)c2=O)nnc1-c1ccco1. The molecule has 0 unspecified atom stereocenters. The highest BCUT2D eigenvalue weighted by Crippen LogP contribution is 2.23. The number of anilines is 1. The van der Waals surface area contributed by atoms with E-state index in [0.29, 0.717) is 16.7 Å². The van der Waals surface area contributed by atoms with Gasteiger partial charge in [-0.25, -0.2) is 4.79 Å². The van der Waals surface area contributed by atoms with Crippen molar-refractivity contribution in [3.63, 3.8) is 0 Å². The van der Waals surface area contributed by atoms with Crippen LogP contribution in [0.3, 0.4) is 0 Å². The average molecular weight is 452 g/mol. The van der Waals surface area contributed by atoms with Crippen LogP contribution in [-0.2, 0) is 20.6 Å². The number of nitrogens with zero attached hydrogens (tertiary/aromatic N) is 5. The molecule has 0 spiro atoms. The highest BCUT2D eigenvalue weighted by Gasteiger charge is 2.23. The molecule has 3 heterocycles. The van der Waals surface area contributed by atoms with Gasteiger partial charge in [0.1, 0.15) is 11.4 Å². The molecule has 0 amide bonds. The maximum Gasteiger partial charge on any atom is 0.332 e. The lowest BCUT2D eigenvalue weighted by Gasteiger charge is -2.14. The number of hydrogen-bond donors (Lipinski definition) is 1. The lowest BCUT2D eigenvalue weighted by atomic mass is 10.2. The first-order valence-electron chi connectivity index (χ1n) is 9.61. The van der Waals surface area contributed by atoms with Gasteiger partial charge in [0.05, 0.1) is 18.6 Å². The molecule has 0 aliphatic carbocycles. The number of furan rings is 1. The zero-order valence-corrected chi connectivity index (χ0v) is 18.2. The summed E-state index contributed by atoms with van der Waals surface area (Å²) in [4.78, 5) is 38.3. The molecule has 3 aromatic heterocycles. The Hall–Kier alpha value is -3.86. The summed E-state index contributed by atoms with van der Waals surface area (Å²) in [6, 6.07) is 12.7. The second kappa shape index (κ2) is 8.71. The van der Waals surface area contributed by atoms with Gasteiger partial charge < -0.3 is 14.7 Å². The Bertz CT molecular complexity index is 1390. The molecule has 0 radical (unpaired) electrons. The van der Waals surface area contributed by atoms with Gasteiger partial charge in [0.15, 0.2) is 22.5 Å². The number of aromatic nitrogens is 5. The molecule has 0 saturated heterocycles. The van der Waals surface area contributed by atoms with E-state index in [9.17, 15) is 14.4 Å². The quantitative estimate of drug-likeness (QED) is 0.330. The summed E-state index contributed by atoms with van der Waals surface area (Å²) < 4.78 is 9.15. The molecular formula is C21H20N6O4S. The lowest BCUT2D eigenvalue weighted by molar-refractivity contribution is 0.102. The number of rotatable bonds is 7. The second-order valence-electron chi connectivity index (χ2n) is 7.03.